The van der Waals surface area contributed by atoms with Gasteiger partial charge in [-0.1, -0.05) is 6.92 Å². The van der Waals surface area contributed by atoms with Crippen molar-refractivity contribution in [3.63, 3.8) is 0 Å². The van der Waals surface area contributed by atoms with Crippen LogP contribution in [0.3, 0.4) is 0 Å². The molecule has 1 aliphatic rings. The molecule has 0 aromatic carbocycles. The van der Waals surface area contributed by atoms with Crippen LogP contribution in [0, 0.1) is 5.92 Å². The molecule has 6 nitrogen and oxygen atoms in total. The van der Waals surface area contributed by atoms with Crippen molar-refractivity contribution in [3.05, 3.63) is 16.6 Å². The monoisotopic (exact) mass is 318 g/mol. The van der Waals surface area contributed by atoms with Crippen molar-refractivity contribution >= 4 is 21.5 Å². The highest BCUT2D eigenvalue weighted by molar-refractivity contribution is 7.87. The van der Waals surface area contributed by atoms with Crippen LogP contribution in [-0.4, -0.2) is 43.9 Å². The molecule has 1 fully saturated rings. The summed E-state index contributed by atoms with van der Waals surface area (Å²) in [7, 11) is -3.38. The van der Waals surface area contributed by atoms with Gasteiger partial charge in [0.1, 0.15) is 0 Å². The summed E-state index contributed by atoms with van der Waals surface area (Å²) in [6.07, 6.45) is 1.84. The number of rotatable bonds is 7. The summed E-state index contributed by atoms with van der Waals surface area (Å²) >= 11 is 1.47. The van der Waals surface area contributed by atoms with Crippen LogP contribution in [0.5, 0.6) is 0 Å². The maximum Gasteiger partial charge on any atom is 0.279 e. The third kappa shape index (κ3) is 4.49. The molecule has 2 rings (SSSR count). The molecule has 0 unspecified atom stereocenters. The van der Waals surface area contributed by atoms with E-state index in [1.165, 1.54) is 11.3 Å². The van der Waals surface area contributed by atoms with Gasteiger partial charge in [-0.3, -0.25) is 0 Å². The summed E-state index contributed by atoms with van der Waals surface area (Å²) in [6, 6.07) is 0. The topological polar surface area (TPSA) is 74.3 Å². The van der Waals surface area contributed by atoms with Crippen LogP contribution in [0.4, 0.5) is 0 Å². The first kappa shape index (κ1) is 15.8. The molecule has 0 amide bonds. The summed E-state index contributed by atoms with van der Waals surface area (Å²) in [4.78, 5) is 4.08. The molecule has 20 heavy (non-hydrogen) atoms. The average Bonchev–Trinajstić information content (AvgIpc) is 2.97. The Morgan fingerprint density at radius 1 is 1.45 bits per heavy atom. The van der Waals surface area contributed by atoms with Gasteiger partial charge in [0.2, 0.25) is 0 Å². The van der Waals surface area contributed by atoms with E-state index in [0.29, 0.717) is 19.0 Å². The standard InChI is InChI=1S/C12H22N4O2S2/c1-2-13-7-11-3-5-16(6-4-11)20(17,18)15-8-12-9-19-10-14-12/h9-11,13,15H,2-8H2,1H3. The van der Waals surface area contributed by atoms with E-state index in [1.807, 2.05) is 5.38 Å². The van der Waals surface area contributed by atoms with E-state index in [2.05, 4.69) is 21.9 Å². The van der Waals surface area contributed by atoms with Gasteiger partial charge in [0.25, 0.3) is 10.2 Å². The van der Waals surface area contributed by atoms with E-state index >= 15 is 0 Å². The summed E-state index contributed by atoms with van der Waals surface area (Å²) < 4.78 is 28.5. The number of thiazole rings is 1. The van der Waals surface area contributed by atoms with Crippen LogP contribution in [-0.2, 0) is 16.8 Å². The first-order chi connectivity index (χ1) is 9.62. The van der Waals surface area contributed by atoms with Gasteiger partial charge in [-0.2, -0.15) is 17.4 Å². The highest BCUT2D eigenvalue weighted by Crippen LogP contribution is 2.18. The van der Waals surface area contributed by atoms with Crippen LogP contribution in [0.25, 0.3) is 0 Å². The van der Waals surface area contributed by atoms with Crippen LogP contribution in [0.1, 0.15) is 25.5 Å². The lowest BCUT2D eigenvalue weighted by Crippen LogP contribution is -2.45. The molecule has 0 spiro atoms. The smallest absolute Gasteiger partial charge is 0.279 e. The second kappa shape index (κ2) is 7.46. The maximum atomic E-state index is 12.2. The molecule has 2 N–H and O–H groups in total. The Hall–Kier alpha value is -0.540. The number of aromatic nitrogens is 1. The number of nitrogens with zero attached hydrogens (tertiary/aromatic N) is 2. The molecule has 114 valence electrons. The van der Waals surface area contributed by atoms with E-state index in [9.17, 15) is 8.42 Å². The Balaban J connectivity index is 1.79. The zero-order chi connectivity index (χ0) is 14.4. The van der Waals surface area contributed by atoms with E-state index in [0.717, 1.165) is 31.6 Å². The van der Waals surface area contributed by atoms with E-state index in [-0.39, 0.29) is 6.54 Å². The van der Waals surface area contributed by atoms with Crippen molar-refractivity contribution in [2.75, 3.05) is 26.2 Å². The molecular weight excluding hydrogens is 296 g/mol. The van der Waals surface area contributed by atoms with Gasteiger partial charge in [0.05, 0.1) is 17.7 Å². The highest BCUT2D eigenvalue weighted by atomic mass is 32.2. The lowest BCUT2D eigenvalue weighted by molar-refractivity contribution is 0.266. The second-order valence-corrected chi connectivity index (χ2v) is 7.43. The van der Waals surface area contributed by atoms with Gasteiger partial charge in [0.15, 0.2) is 0 Å². The molecule has 1 saturated heterocycles. The van der Waals surface area contributed by atoms with Crippen molar-refractivity contribution in [2.24, 2.45) is 5.92 Å². The fourth-order valence-electron chi connectivity index (χ4n) is 2.28. The van der Waals surface area contributed by atoms with Gasteiger partial charge < -0.3 is 5.32 Å². The molecule has 1 aromatic heterocycles. The second-order valence-electron chi connectivity index (χ2n) is 4.96. The minimum Gasteiger partial charge on any atom is -0.317 e. The first-order valence-electron chi connectivity index (χ1n) is 6.94. The minimum absolute atomic E-state index is 0.267. The van der Waals surface area contributed by atoms with Crippen molar-refractivity contribution in [1.82, 2.24) is 19.3 Å². The fraction of sp³-hybridized carbons (Fsp3) is 0.750. The van der Waals surface area contributed by atoms with Crippen molar-refractivity contribution in [2.45, 2.75) is 26.3 Å². The molecule has 0 aliphatic carbocycles. The molecule has 0 bridgehead atoms. The van der Waals surface area contributed by atoms with Crippen molar-refractivity contribution < 1.29 is 8.42 Å². The molecule has 1 aromatic rings. The van der Waals surface area contributed by atoms with Crippen LogP contribution >= 0.6 is 11.3 Å². The molecule has 0 atom stereocenters. The number of hydrogen-bond acceptors (Lipinski definition) is 5. The first-order valence-corrected chi connectivity index (χ1v) is 9.32. The average molecular weight is 318 g/mol. The van der Waals surface area contributed by atoms with Gasteiger partial charge in [-0.25, -0.2) is 4.98 Å². The highest BCUT2D eigenvalue weighted by Gasteiger charge is 2.27. The van der Waals surface area contributed by atoms with Gasteiger partial charge in [0, 0.05) is 18.5 Å². The Kier molecular flexibility index (Phi) is 5.91. The van der Waals surface area contributed by atoms with Crippen molar-refractivity contribution in [1.29, 1.82) is 0 Å². The zero-order valence-corrected chi connectivity index (χ0v) is 13.3. The normalized spacial score (nSPS) is 18.4. The summed E-state index contributed by atoms with van der Waals surface area (Å²) in [5, 5.41) is 5.18. The molecule has 0 saturated carbocycles. The summed E-state index contributed by atoms with van der Waals surface area (Å²) in [6.45, 7) is 5.50. The Morgan fingerprint density at radius 3 is 2.80 bits per heavy atom. The molecule has 8 heteroatoms. The van der Waals surface area contributed by atoms with E-state index in [1.54, 1.807) is 9.82 Å². The van der Waals surface area contributed by atoms with Crippen LogP contribution in [0.15, 0.2) is 10.9 Å². The zero-order valence-electron chi connectivity index (χ0n) is 11.7. The Labute approximate surface area is 124 Å². The third-order valence-electron chi connectivity index (χ3n) is 3.52. The predicted octanol–water partition coefficient (Wildman–Crippen LogP) is 0.799. The van der Waals surface area contributed by atoms with Crippen LogP contribution < -0.4 is 10.0 Å². The number of piperidine rings is 1. The number of hydrogen-bond donors (Lipinski definition) is 2. The Bertz CT molecular complexity index is 482. The molecule has 0 radical (unpaired) electrons. The van der Waals surface area contributed by atoms with Gasteiger partial charge in [-0.05, 0) is 31.8 Å². The fourth-order valence-corrected chi connectivity index (χ4v) is 4.05. The Morgan fingerprint density at radius 2 is 2.20 bits per heavy atom. The van der Waals surface area contributed by atoms with Crippen LogP contribution in [0.2, 0.25) is 0 Å². The molecular formula is C12H22N4O2S2. The van der Waals surface area contributed by atoms with Gasteiger partial charge >= 0.3 is 0 Å². The third-order valence-corrected chi connectivity index (χ3v) is 5.70. The lowest BCUT2D eigenvalue weighted by atomic mass is 9.98. The van der Waals surface area contributed by atoms with Crippen molar-refractivity contribution in [3.8, 4) is 0 Å². The summed E-state index contributed by atoms with van der Waals surface area (Å²) in [5.41, 5.74) is 2.47. The minimum atomic E-state index is -3.38. The van der Waals surface area contributed by atoms with Gasteiger partial charge in [-0.15, -0.1) is 11.3 Å². The molecule has 1 aliphatic heterocycles. The van der Waals surface area contributed by atoms with E-state index in [4.69, 9.17) is 0 Å². The largest absolute Gasteiger partial charge is 0.317 e. The quantitative estimate of drug-likeness (QED) is 0.780. The SMILES string of the molecule is CCNCC1CCN(S(=O)(=O)NCc2cscn2)CC1. The number of nitrogens with one attached hydrogen (secondary N) is 2. The predicted molar refractivity (Wildman–Crippen MR) is 80.7 cm³/mol. The molecule has 2 heterocycles. The maximum absolute atomic E-state index is 12.2. The summed E-state index contributed by atoms with van der Waals surface area (Å²) in [5.74, 6) is 0.583. The lowest BCUT2D eigenvalue weighted by Gasteiger charge is -2.31. The van der Waals surface area contributed by atoms with E-state index < -0.39 is 10.2 Å².